The standard InChI is InChI=1S/C23H22BrNO3/c1-23(2)11-17-22(18(26)12-23)21(13-3-5-14(24)6-4-13)15-9-19-20(10-16(15)25-17)28-8-7-27-19/h3-6,9-10,21,25H,7-8,11-12H2,1-2H3. The predicted molar refractivity (Wildman–Crippen MR) is 112 cm³/mol. The number of ketones is 1. The first-order valence-corrected chi connectivity index (χ1v) is 10.4. The van der Waals surface area contributed by atoms with Crippen molar-refractivity contribution >= 4 is 27.4 Å². The molecule has 0 aromatic heterocycles. The molecular formula is C23H22BrNO3. The fraction of sp³-hybridized carbons (Fsp3) is 0.348. The van der Waals surface area contributed by atoms with E-state index < -0.39 is 0 Å². The molecule has 0 amide bonds. The van der Waals surface area contributed by atoms with E-state index in [-0.39, 0.29) is 17.1 Å². The number of anilines is 1. The number of benzene rings is 2. The van der Waals surface area contributed by atoms with Crippen molar-refractivity contribution in [2.24, 2.45) is 5.41 Å². The number of fused-ring (bicyclic) bond motifs is 2. The Morgan fingerprint density at radius 1 is 1.04 bits per heavy atom. The van der Waals surface area contributed by atoms with Gasteiger partial charge in [-0.3, -0.25) is 4.79 Å². The summed E-state index contributed by atoms with van der Waals surface area (Å²) in [6, 6.07) is 12.3. The van der Waals surface area contributed by atoms with Crippen LogP contribution < -0.4 is 14.8 Å². The Bertz CT molecular complexity index is 1010. The van der Waals surface area contributed by atoms with Gasteiger partial charge in [-0.25, -0.2) is 0 Å². The molecule has 28 heavy (non-hydrogen) atoms. The van der Waals surface area contributed by atoms with Crippen molar-refractivity contribution in [3.05, 3.63) is 63.3 Å². The number of carbonyl (C=O) groups excluding carboxylic acids is 1. The van der Waals surface area contributed by atoms with Crippen LogP contribution in [0, 0.1) is 5.41 Å². The summed E-state index contributed by atoms with van der Waals surface area (Å²) >= 11 is 3.52. The van der Waals surface area contributed by atoms with Crippen LogP contribution in [0.5, 0.6) is 11.5 Å². The molecule has 0 fully saturated rings. The van der Waals surface area contributed by atoms with E-state index in [4.69, 9.17) is 9.47 Å². The third-order valence-electron chi connectivity index (χ3n) is 5.72. The molecule has 0 saturated carbocycles. The van der Waals surface area contributed by atoms with Crippen LogP contribution in [0.15, 0.2) is 52.1 Å². The lowest BCUT2D eigenvalue weighted by Gasteiger charge is -2.40. The van der Waals surface area contributed by atoms with Gasteiger partial charge in [-0.05, 0) is 41.2 Å². The Balaban J connectivity index is 1.72. The predicted octanol–water partition coefficient (Wildman–Crippen LogP) is 5.42. The number of allylic oxidation sites excluding steroid dienone is 2. The van der Waals surface area contributed by atoms with Gasteiger partial charge in [-0.15, -0.1) is 0 Å². The maximum atomic E-state index is 13.2. The van der Waals surface area contributed by atoms with Gasteiger partial charge in [0.1, 0.15) is 13.2 Å². The molecule has 2 aliphatic heterocycles. The number of ether oxygens (including phenoxy) is 2. The topological polar surface area (TPSA) is 47.6 Å². The van der Waals surface area contributed by atoms with Gasteiger partial charge >= 0.3 is 0 Å². The molecule has 5 heteroatoms. The van der Waals surface area contributed by atoms with Crippen LogP contribution in [0.1, 0.15) is 43.7 Å². The third-order valence-corrected chi connectivity index (χ3v) is 6.25. The molecule has 5 rings (SSSR count). The number of halogens is 1. The summed E-state index contributed by atoms with van der Waals surface area (Å²) in [5.41, 5.74) is 5.07. The first kappa shape index (κ1) is 17.8. The van der Waals surface area contributed by atoms with E-state index >= 15 is 0 Å². The number of rotatable bonds is 1. The van der Waals surface area contributed by atoms with E-state index in [0.29, 0.717) is 19.6 Å². The molecular weight excluding hydrogens is 418 g/mol. The molecule has 0 spiro atoms. The van der Waals surface area contributed by atoms with Crippen LogP contribution in [0.2, 0.25) is 0 Å². The first-order chi connectivity index (χ1) is 13.4. The van der Waals surface area contributed by atoms with Crippen molar-refractivity contribution in [3.63, 3.8) is 0 Å². The SMILES string of the molecule is CC1(C)CC(=O)C2=C(C1)Nc1cc3c(cc1C2c1ccc(Br)cc1)OCCO3. The van der Waals surface area contributed by atoms with Gasteiger partial charge in [-0.2, -0.15) is 0 Å². The highest BCUT2D eigenvalue weighted by molar-refractivity contribution is 9.10. The molecule has 144 valence electrons. The molecule has 3 aliphatic rings. The fourth-order valence-corrected chi connectivity index (χ4v) is 4.82. The minimum Gasteiger partial charge on any atom is -0.486 e. The molecule has 0 radical (unpaired) electrons. The molecule has 1 unspecified atom stereocenters. The molecule has 2 heterocycles. The van der Waals surface area contributed by atoms with E-state index in [9.17, 15) is 4.79 Å². The maximum absolute atomic E-state index is 13.2. The second kappa shape index (κ2) is 6.38. The van der Waals surface area contributed by atoms with Crippen molar-refractivity contribution < 1.29 is 14.3 Å². The second-order valence-electron chi connectivity index (χ2n) is 8.53. The monoisotopic (exact) mass is 439 g/mol. The van der Waals surface area contributed by atoms with E-state index in [0.717, 1.165) is 50.5 Å². The highest BCUT2D eigenvalue weighted by Gasteiger charge is 2.41. The van der Waals surface area contributed by atoms with Gasteiger partial charge < -0.3 is 14.8 Å². The smallest absolute Gasteiger partial charge is 0.163 e. The molecule has 1 aliphatic carbocycles. The highest BCUT2D eigenvalue weighted by Crippen LogP contribution is 2.51. The van der Waals surface area contributed by atoms with Gasteiger partial charge in [0.25, 0.3) is 0 Å². The molecule has 4 nitrogen and oxygen atoms in total. The van der Waals surface area contributed by atoms with Crippen LogP contribution >= 0.6 is 15.9 Å². The molecule has 1 N–H and O–H groups in total. The Kier molecular flexibility index (Phi) is 4.05. The summed E-state index contributed by atoms with van der Waals surface area (Å²) in [4.78, 5) is 13.2. The van der Waals surface area contributed by atoms with Gasteiger partial charge in [0.05, 0.1) is 0 Å². The van der Waals surface area contributed by atoms with Crippen LogP contribution in [0.25, 0.3) is 0 Å². The number of Topliss-reactive ketones (excluding diaryl/α,β-unsaturated/α-hetero) is 1. The highest BCUT2D eigenvalue weighted by atomic mass is 79.9. The third kappa shape index (κ3) is 2.93. The van der Waals surface area contributed by atoms with Crippen molar-refractivity contribution in [2.45, 2.75) is 32.6 Å². The number of nitrogens with one attached hydrogen (secondary N) is 1. The Morgan fingerprint density at radius 3 is 2.43 bits per heavy atom. The Hall–Kier alpha value is -2.27. The van der Waals surface area contributed by atoms with Crippen molar-refractivity contribution in [2.75, 3.05) is 18.5 Å². The number of hydrogen-bond donors (Lipinski definition) is 1. The maximum Gasteiger partial charge on any atom is 0.163 e. The average molecular weight is 440 g/mol. The zero-order valence-electron chi connectivity index (χ0n) is 16.0. The first-order valence-electron chi connectivity index (χ1n) is 9.64. The van der Waals surface area contributed by atoms with Gasteiger partial charge in [-0.1, -0.05) is 41.9 Å². The molecule has 0 bridgehead atoms. The lowest BCUT2D eigenvalue weighted by molar-refractivity contribution is -0.118. The summed E-state index contributed by atoms with van der Waals surface area (Å²) < 4.78 is 12.6. The summed E-state index contributed by atoms with van der Waals surface area (Å²) in [5.74, 6) is 1.64. The summed E-state index contributed by atoms with van der Waals surface area (Å²) in [7, 11) is 0. The van der Waals surface area contributed by atoms with Gasteiger partial charge in [0.15, 0.2) is 17.3 Å². The van der Waals surface area contributed by atoms with Crippen LogP contribution in [-0.4, -0.2) is 19.0 Å². The average Bonchev–Trinajstić information content (AvgIpc) is 2.64. The van der Waals surface area contributed by atoms with Crippen molar-refractivity contribution in [1.29, 1.82) is 0 Å². The fourth-order valence-electron chi connectivity index (χ4n) is 4.55. The van der Waals surface area contributed by atoms with Crippen LogP contribution in [0.4, 0.5) is 5.69 Å². The minimum absolute atomic E-state index is 0.0431. The number of hydrogen-bond acceptors (Lipinski definition) is 4. The Morgan fingerprint density at radius 2 is 1.71 bits per heavy atom. The van der Waals surface area contributed by atoms with Crippen LogP contribution in [-0.2, 0) is 4.79 Å². The molecule has 1 atom stereocenters. The van der Waals surface area contributed by atoms with E-state index in [1.807, 2.05) is 24.3 Å². The Labute approximate surface area is 173 Å². The van der Waals surface area contributed by atoms with Crippen molar-refractivity contribution in [3.8, 4) is 11.5 Å². The van der Waals surface area contributed by atoms with E-state index in [1.165, 1.54) is 0 Å². The molecule has 0 saturated heterocycles. The zero-order chi connectivity index (χ0) is 19.5. The van der Waals surface area contributed by atoms with Gasteiger partial charge in [0.2, 0.25) is 0 Å². The summed E-state index contributed by atoms with van der Waals surface area (Å²) in [6.45, 7) is 5.42. The van der Waals surface area contributed by atoms with E-state index in [1.54, 1.807) is 0 Å². The normalized spacial score (nSPS) is 22.2. The summed E-state index contributed by atoms with van der Waals surface area (Å²) in [5, 5.41) is 3.56. The minimum atomic E-state index is -0.0984. The second-order valence-corrected chi connectivity index (χ2v) is 9.44. The molecule has 2 aromatic carbocycles. The quantitative estimate of drug-likeness (QED) is 0.643. The summed E-state index contributed by atoms with van der Waals surface area (Å²) in [6.07, 6.45) is 1.43. The zero-order valence-corrected chi connectivity index (χ0v) is 17.6. The molecule has 2 aromatic rings. The van der Waals surface area contributed by atoms with Gasteiger partial charge in [0, 0.05) is 39.8 Å². The lowest BCUT2D eigenvalue weighted by Crippen LogP contribution is -2.34. The largest absolute Gasteiger partial charge is 0.486 e. The van der Waals surface area contributed by atoms with Crippen molar-refractivity contribution in [1.82, 2.24) is 0 Å². The number of carbonyl (C=O) groups is 1. The van der Waals surface area contributed by atoms with E-state index in [2.05, 4.69) is 47.2 Å². The lowest BCUT2D eigenvalue weighted by atomic mass is 9.68. The van der Waals surface area contributed by atoms with Crippen LogP contribution in [0.3, 0.4) is 0 Å².